The molecule has 79 valence electrons. The van der Waals surface area contributed by atoms with Gasteiger partial charge in [-0.3, -0.25) is 15.3 Å². The third kappa shape index (κ3) is 4.81. The fourth-order valence-electron chi connectivity index (χ4n) is 1.03. The summed E-state index contributed by atoms with van der Waals surface area (Å²) in [5.41, 5.74) is 7.53. The molecular weight excluding hydrogens is 194 g/mol. The maximum atomic E-state index is 11.1. The fourth-order valence-corrected chi connectivity index (χ4v) is 1.03. The van der Waals surface area contributed by atoms with Crippen LogP contribution in [0.5, 0.6) is 0 Å². The molecule has 0 bridgehead atoms. The number of ether oxygens (including phenoxy) is 1. The third-order valence-corrected chi connectivity index (χ3v) is 1.80. The standard InChI is InChI=1S/C11H12NO3/c12-10(13)6-7-11(14)15-8-9-4-2-1-3-5-9/h1-5,12H,6-8H2. The molecule has 1 aromatic carbocycles. The van der Waals surface area contributed by atoms with Crippen molar-refractivity contribution >= 4 is 11.9 Å². The van der Waals surface area contributed by atoms with E-state index >= 15 is 0 Å². The summed E-state index contributed by atoms with van der Waals surface area (Å²) in [6.07, 6.45) is -0.0945. The summed E-state index contributed by atoms with van der Waals surface area (Å²) in [6, 6.07) is 9.29. The van der Waals surface area contributed by atoms with E-state index in [1.807, 2.05) is 30.3 Å². The molecule has 4 nitrogen and oxygen atoms in total. The van der Waals surface area contributed by atoms with E-state index in [1.165, 1.54) is 0 Å². The average molecular weight is 206 g/mol. The fraction of sp³-hybridized carbons (Fsp3) is 0.273. The lowest BCUT2D eigenvalue weighted by atomic mass is 10.2. The maximum absolute atomic E-state index is 11.1. The first kappa shape index (κ1) is 11.2. The Balaban J connectivity index is 2.26. The molecule has 0 aromatic heterocycles. The zero-order chi connectivity index (χ0) is 11.1. The predicted octanol–water partition coefficient (Wildman–Crippen LogP) is 1.32. The second-order valence-electron chi connectivity index (χ2n) is 3.07. The van der Waals surface area contributed by atoms with Gasteiger partial charge in [-0.15, -0.1) is 0 Å². The molecule has 0 aliphatic carbocycles. The van der Waals surface area contributed by atoms with Crippen molar-refractivity contribution in [2.24, 2.45) is 0 Å². The van der Waals surface area contributed by atoms with E-state index in [9.17, 15) is 9.59 Å². The van der Waals surface area contributed by atoms with Crippen LogP contribution in [-0.4, -0.2) is 11.9 Å². The summed E-state index contributed by atoms with van der Waals surface area (Å²) in [4.78, 5) is 21.3. The summed E-state index contributed by atoms with van der Waals surface area (Å²) in [7, 11) is 0. The van der Waals surface area contributed by atoms with Crippen molar-refractivity contribution in [2.75, 3.05) is 0 Å². The minimum absolute atomic E-state index is 0.0187. The van der Waals surface area contributed by atoms with E-state index in [1.54, 1.807) is 0 Å². The molecule has 1 radical (unpaired) electrons. The lowest BCUT2D eigenvalue weighted by Crippen LogP contribution is -2.08. The van der Waals surface area contributed by atoms with Gasteiger partial charge < -0.3 is 4.74 Å². The van der Waals surface area contributed by atoms with E-state index in [-0.39, 0.29) is 19.4 Å². The van der Waals surface area contributed by atoms with Crippen LogP contribution in [0.1, 0.15) is 18.4 Å². The highest BCUT2D eigenvalue weighted by Crippen LogP contribution is 2.02. The summed E-state index contributed by atoms with van der Waals surface area (Å²) in [5, 5.41) is 0. The van der Waals surface area contributed by atoms with E-state index < -0.39 is 11.9 Å². The van der Waals surface area contributed by atoms with Crippen LogP contribution in [0, 0.1) is 0 Å². The molecular formula is C11H12NO3. The Hall–Kier alpha value is -1.84. The molecule has 0 atom stereocenters. The number of hydrogen-bond acceptors (Lipinski definition) is 3. The van der Waals surface area contributed by atoms with Gasteiger partial charge in [0.2, 0.25) is 5.91 Å². The summed E-state index contributed by atoms with van der Waals surface area (Å²) in [6.45, 7) is 0.214. The number of carbonyl (C=O) groups excluding carboxylic acids is 2. The van der Waals surface area contributed by atoms with Gasteiger partial charge >= 0.3 is 5.97 Å². The number of rotatable bonds is 5. The smallest absolute Gasteiger partial charge is 0.306 e. The number of esters is 1. The van der Waals surface area contributed by atoms with Crippen LogP contribution in [0.3, 0.4) is 0 Å². The first-order chi connectivity index (χ1) is 7.18. The van der Waals surface area contributed by atoms with Crippen molar-refractivity contribution in [3.05, 3.63) is 35.9 Å². The quantitative estimate of drug-likeness (QED) is 0.682. The van der Waals surface area contributed by atoms with Crippen molar-refractivity contribution < 1.29 is 14.3 Å². The van der Waals surface area contributed by atoms with E-state index in [4.69, 9.17) is 10.5 Å². The minimum atomic E-state index is -0.744. The van der Waals surface area contributed by atoms with Crippen LogP contribution >= 0.6 is 0 Å². The SMILES string of the molecule is [NH]C(=O)CCC(=O)OCc1ccccc1. The molecule has 0 saturated heterocycles. The van der Waals surface area contributed by atoms with E-state index in [2.05, 4.69) is 0 Å². The monoisotopic (exact) mass is 206 g/mol. The molecule has 1 N–H and O–H groups in total. The minimum Gasteiger partial charge on any atom is -0.461 e. The number of nitrogens with one attached hydrogen (secondary N) is 1. The van der Waals surface area contributed by atoms with Crippen molar-refractivity contribution in [1.82, 2.24) is 5.73 Å². The number of amides is 1. The predicted molar refractivity (Wildman–Crippen MR) is 53.6 cm³/mol. The Morgan fingerprint density at radius 1 is 1.13 bits per heavy atom. The van der Waals surface area contributed by atoms with Crippen LogP contribution in [0.25, 0.3) is 0 Å². The van der Waals surface area contributed by atoms with Gasteiger partial charge in [0, 0.05) is 6.42 Å². The maximum Gasteiger partial charge on any atom is 0.306 e. The van der Waals surface area contributed by atoms with Gasteiger partial charge in [-0.25, -0.2) is 0 Å². The molecule has 0 saturated carbocycles. The largest absolute Gasteiger partial charge is 0.461 e. The highest BCUT2D eigenvalue weighted by Gasteiger charge is 2.05. The zero-order valence-electron chi connectivity index (χ0n) is 8.23. The van der Waals surface area contributed by atoms with Gasteiger partial charge in [0.15, 0.2) is 0 Å². The molecule has 0 unspecified atom stereocenters. The van der Waals surface area contributed by atoms with Gasteiger partial charge in [0.25, 0.3) is 0 Å². The Labute approximate surface area is 88.0 Å². The highest BCUT2D eigenvalue weighted by molar-refractivity contribution is 5.79. The normalized spacial score (nSPS) is 9.60. The third-order valence-electron chi connectivity index (χ3n) is 1.80. The molecule has 4 heteroatoms. The summed E-state index contributed by atoms with van der Waals surface area (Å²) < 4.78 is 4.90. The number of hydrogen-bond donors (Lipinski definition) is 0. The topological polar surface area (TPSA) is 67.2 Å². The zero-order valence-corrected chi connectivity index (χ0v) is 8.23. The van der Waals surface area contributed by atoms with Crippen LogP contribution in [0.2, 0.25) is 0 Å². The summed E-state index contributed by atoms with van der Waals surface area (Å²) in [5.74, 6) is -1.19. The Kier molecular flexibility index (Phi) is 4.34. The molecule has 1 aromatic rings. The Bertz CT molecular complexity index is 335. The Morgan fingerprint density at radius 3 is 2.40 bits per heavy atom. The van der Waals surface area contributed by atoms with Crippen molar-refractivity contribution in [3.8, 4) is 0 Å². The summed E-state index contributed by atoms with van der Waals surface area (Å²) >= 11 is 0. The van der Waals surface area contributed by atoms with Crippen LogP contribution in [0.4, 0.5) is 0 Å². The van der Waals surface area contributed by atoms with Crippen LogP contribution < -0.4 is 5.73 Å². The lowest BCUT2D eigenvalue weighted by molar-refractivity contribution is -0.146. The van der Waals surface area contributed by atoms with Crippen molar-refractivity contribution in [2.45, 2.75) is 19.4 Å². The molecule has 15 heavy (non-hydrogen) atoms. The first-order valence-electron chi connectivity index (χ1n) is 4.62. The average Bonchev–Trinajstić information content (AvgIpc) is 2.25. The molecule has 0 spiro atoms. The second-order valence-corrected chi connectivity index (χ2v) is 3.07. The molecule has 1 amide bonds. The molecule has 0 aliphatic heterocycles. The lowest BCUT2D eigenvalue weighted by Gasteiger charge is -2.03. The van der Waals surface area contributed by atoms with Gasteiger partial charge in [0.05, 0.1) is 6.42 Å². The van der Waals surface area contributed by atoms with Gasteiger partial charge in [-0.05, 0) is 5.56 Å². The second kappa shape index (κ2) is 5.80. The van der Waals surface area contributed by atoms with Gasteiger partial charge in [0.1, 0.15) is 6.61 Å². The van der Waals surface area contributed by atoms with Gasteiger partial charge in [-0.2, -0.15) is 0 Å². The van der Waals surface area contributed by atoms with E-state index in [0.717, 1.165) is 5.56 Å². The highest BCUT2D eigenvalue weighted by atomic mass is 16.5. The van der Waals surface area contributed by atoms with Crippen LogP contribution in [0.15, 0.2) is 30.3 Å². The number of carbonyl (C=O) groups is 2. The molecule has 0 aliphatic rings. The molecule has 1 rings (SSSR count). The van der Waals surface area contributed by atoms with Crippen molar-refractivity contribution in [1.29, 1.82) is 0 Å². The Morgan fingerprint density at radius 2 is 1.80 bits per heavy atom. The van der Waals surface area contributed by atoms with Gasteiger partial charge in [-0.1, -0.05) is 30.3 Å². The van der Waals surface area contributed by atoms with Crippen molar-refractivity contribution in [3.63, 3.8) is 0 Å². The van der Waals surface area contributed by atoms with Crippen LogP contribution in [-0.2, 0) is 20.9 Å². The number of benzene rings is 1. The molecule has 0 heterocycles. The molecule has 0 fully saturated rings. The first-order valence-corrected chi connectivity index (χ1v) is 4.62. The van der Waals surface area contributed by atoms with E-state index in [0.29, 0.717) is 0 Å².